The normalized spacial score (nSPS) is 17.4. The minimum absolute atomic E-state index is 0.250. The topological polar surface area (TPSA) is 46.3 Å². The third-order valence-corrected chi connectivity index (χ3v) is 2.34. The highest BCUT2D eigenvalue weighted by atomic mass is 16.1. The van der Waals surface area contributed by atoms with E-state index in [0.29, 0.717) is 5.41 Å². The molecular formula is C13H32N2O. The van der Waals surface area contributed by atoms with E-state index in [0.717, 1.165) is 0 Å². The largest absolute Gasteiger partial charge is 0.372 e. The zero-order valence-corrected chi connectivity index (χ0v) is 12.3. The molecule has 0 aromatic carbocycles. The Labute approximate surface area is 102 Å². The van der Waals surface area contributed by atoms with E-state index < -0.39 is 0 Å². The Morgan fingerprint density at radius 3 is 1.50 bits per heavy atom. The summed E-state index contributed by atoms with van der Waals surface area (Å²) in [4.78, 5) is 11.0. The van der Waals surface area contributed by atoms with Crippen LogP contribution in [0.15, 0.2) is 0 Å². The average molecular weight is 232 g/mol. The second kappa shape index (κ2) is 14.4. The first-order valence-electron chi connectivity index (χ1n) is 6.36. The molecule has 0 aliphatic carbocycles. The standard InChI is InChI=1S/C8H17N.2C2H6.CH3NO/c1-8(2)4-6-9(3)7-5-8;2*1-2;2-1-3/h4-7H2,1-3H3;2*1-2H3;1H,(H2,2,3). The molecule has 1 aliphatic heterocycles. The van der Waals surface area contributed by atoms with Crippen LogP contribution in [0.5, 0.6) is 0 Å². The lowest BCUT2D eigenvalue weighted by atomic mass is 9.83. The highest BCUT2D eigenvalue weighted by Crippen LogP contribution is 2.28. The first-order chi connectivity index (χ1) is 7.52. The van der Waals surface area contributed by atoms with E-state index in [9.17, 15) is 0 Å². The molecule has 16 heavy (non-hydrogen) atoms. The summed E-state index contributed by atoms with van der Waals surface area (Å²) in [6.07, 6.45) is 2.98. The molecule has 0 spiro atoms. The van der Waals surface area contributed by atoms with Crippen LogP contribution >= 0.6 is 0 Å². The van der Waals surface area contributed by atoms with Crippen molar-refractivity contribution in [3.63, 3.8) is 0 Å². The Kier molecular flexibility index (Phi) is 18.8. The van der Waals surface area contributed by atoms with Crippen LogP contribution in [0.1, 0.15) is 54.4 Å². The van der Waals surface area contributed by atoms with Gasteiger partial charge in [-0.1, -0.05) is 41.5 Å². The molecule has 1 aliphatic rings. The summed E-state index contributed by atoms with van der Waals surface area (Å²) in [7, 11) is 2.20. The zero-order chi connectivity index (χ0) is 13.6. The van der Waals surface area contributed by atoms with Gasteiger partial charge in [-0.05, 0) is 38.4 Å². The molecule has 1 rings (SSSR count). The fourth-order valence-corrected chi connectivity index (χ4v) is 1.22. The maximum atomic E-state index is 8.58. The monoisotopic (exact) mass is 232 g/mol. The predicted molar refractivity (Wildman–Crippen MR) is 73.5 cm³/mol. The number of rotatable bonds is 0. The maximum Gasteiger partial charge on any atom is 0.204 e. The molecule has 0 radical (unpaired) electrons. The van der Waals surface area contributed by atoms with Crippen molar-refractivity contribution in [1.29, 1.82) is 0 Å². The van der Waals surface area contributed by atoms with Crippen LogP contribution in [0, 0.1) is 5.41 Å². The number of hydrogen-bond acceptors (Lipinski definition) is 2. The average Bonchev–Trinajstić information content (AvgIpc) is 2.29. The number of carbonyl (C=O) groups is 1. The van der Waals surface area contributed by atoms with E-state index in [1.54, 1.807) is 0 Å². The van der Waals surface area contributed by atoms with E-state index >= 15 is 0 Å². The third kappa shape index (κ3) is 15.9. The zero-order valence-electron chi connectivity index (χ0n) is 12.3. The van der Waals surface area contributed by atoms with Crippen molar-refractivity contribution in [2.75, 3.05) is 20.1 Å². The quantitative estimate of drug-likeness (QED) is 0.653. The van der Waals surface area contributed by atoms with Gasteiger partial charge < -0.3 is 10.6 Å². The lowest BCUT2D eigenvalue weighted by Crippen LogP contribution is -2.34. The van der Waals surface area contributed by atoms with Crippen LogP contribution in [0.4, 0.5) is 0 Å². The third-order valence-electron chi connectivity index (χ3n) is 2.34. The molecule has 3 nitrogen and oxygen atoms in total. The summed E-state index contributed by atoms with van der Waals surface area (Å²) in [5, 5.41) is 0. The molecule has 0 aromatic heterocycles. The second-order valence-electron chi connectivity index (χ2n) is 4.10. The Bertz CT molecular complexity index is 126. The number of nitrogens with zero attached hydrogens (tertiary/aromatic N) is 1. The van der Waals surface area contributed by atoms with Gasteiger partial charge >= 0.3 is 0 Å². The maximum absolute atomic E-state index is 8.58. The van der Waals surface area contributed by atoms with Gasteiger partial charge in [-0.2, -0.15) is 0 Å². The molecule has 0 atom stereocenters. The number of amides is 1. The van der Waals surface area contributed by atoms with Crippen molar-refractivity contribution in [3.8, 4) is 0 Å². The molecule has 1 heterocycles. The fraction of sp³-hybridized carbons (Fsp3) is 0.923. The smallest absolute Gasteiger partial charge is 0.204 e. The van der Waals surface area contributed by atoms with Crippen LogP contribution < -0.4 is 5.73 Å². The lowest BCUT2D eigenvalue weighted by molar-refractivity contribution is -0.106. The van der Waals surface area contributed by atoms with Crippen molar-refractivity contribution in [2.24, 2.45) is 11.1 Å². The number of nitrogens with two attached hydrogens (primary N) is 1. The Balaban J connectivity index is -0.000000206. The van der Waals surface area contributed by atoms with E-state index in [1.807, 2.05) is 27.7 Å². The van der Waals surface area contributed by atoms with Crippen molar-refractivity contribution in [3.05, 3.63) is 0 Å². The summed E-state index contributed by atoms with van der Waals surface area (Å²) >= 11 is 0. The summed E-state index contributed by atoms with van der Waals surface area (Å²) in [5.74, 6) is 0. The molecule has 0 unspecified atom stereocenters. The molecular weight excluding hydrogens is 200 g/mol. The number of carbonyl (C=O) groups excluding carboxylic acids is 1. The van der Waals surface area contributed by atoms with Crippen molar-refractivity contribution in [2.45, 2.75) is 54.4 Å². The summed E-state index contributed by atoms with van der Waals surface area (Å²) in [6, 6.07) is 0. The summed E-state index contributed by atoms with van der Waals surface area (Å²) < 4.78 is 0. The van der Waals surface area contributed by atoms with E-state index in [2.05, 4.69) is 31.5 Å². The van der Waals surface area contributed by atoms with Gasteiger partial charge in [-0.15, -0.1) is 0 Å². The van der Waals surface area contributed by atoms with Crippen molar-refractivity contribution < 1.29 is 4.79 Å². The number of piperidine rings is 1. The Morgan fingerprint density at radius 2 is 1.31 bits per heavy atom. The summed E-state index contributed by atoms with van der Waals surface area (Å²) in [6.45, 7) is 15.3. The van der Waals surface area contributed by atoms with E-state index in [-0.39, 0.29) is 6.41 Å². The molecule has 100 valence electrons. The van der Waals surface area contributed by atoms with Crippen LogP contribution in [0.3, 0.4) is 0 Å². The second-order valence-corrected chi connectivity index (χ2v) is 4.10. The molecule has 0 bridgehead atoms. The van der Waals surface area contributed by atoms with Crippen LogP contribution in [-0.4, -0.2) is 31.4 Å². The molecule has 3 heteroatoms. The number of hydrogen-bond donors (Lipinski definition) is 1. The molecule has 1 amide bonds. The van der Waals surface area contributed by atoms with Crippen molar-refractivity contribution >= 4 is 6.41 Å². The minimum atomic E-state index is 0.250. The van der Waals surface area contributed by atoms with E-state index in [4.69, 9.17) is 4.79 Å². The Hall–Kier alpha value is -0.570. The van der Waals surface area contributed by atoms with Gasteiger partial charge in [0, 0.05) is 0 Å². The SMILES string of the molecule is CC.CC.CN1CCC(C)(C)CC1.NC=O. The molecule has 1 saturated heterocycles. The van der Waals surface area contributed by atoms with Gasteiger partial charge in [0.15, 0.2) is 0 Å². The van der Waals surface area contributed by atoms with Gasteiger partial charge in [-0.25, -0.2) is 0 Å². The lowest BCUT2D eigenvalue weighted by Gasteiger charge is -2.34. The summed E-state index contributed by atoms with van der Waals surface area (Å²) in [5.41, 5.74) is 4.78. The molecule has 1 fully saturated rings. The number of likely N-dealkylation sites (tertiary alicyclic amines) is 1. The van der Waals surface area contributed by atoms with E-state index in [1.165, 1.54) is 25.9 Å². The molecule has 0 saturated carbocycles. The fourth-order valence-electron chi connectivity index (χ4n) is 1.22. The van der Waals surface area contributed by atoms with Gasteiger partial charge in [0.1, 0.15) is 0 Å². The minimum Gasteiger partial charge on any atom is -0.372 e. The first kappa shape index (κ1) is 20.8. The highest BCUT2D eigenvalue weighted by Gasteiger charge is 2.22. The van der Waals surface area contributed by atoms with Crippen molar-refractivity contribution in [1.82, 2.24) is 4.90 Å². The Morgan fingerprint density at radius 1 is 1.06 bits per heavy atom. The molecule has 2 N–H and O–H groups in total. The van der Waals surface area contributed by atoms with Gasteiger partial charge in [0.05, 0.1) is 0 Å². The van der Waals surface area contributed by atoms with Gasteiger partial charge in [0.25, 0.3) is 0 Å². The number of primary amides is 1. The highest BCUT2D eigenvalue weighted by molar-refractivity contribution is 5.42. The van der Waals surface area contributed by atoms with Gasteiger partial charge in [-0.3, -0.25) is 4.79 Å². The molecule has 0 aromatic rings. The first-order valence-corrected chi connectivity index (χ1v) is 6.36. The van der Waals surface area contributed by atoms with Crippen LogP contribution in [0.25, 0.3) is 0 Å². The predicted octanol–water partition coefficient (Wildman–Crippen LogP) is 2.89. The van der Waals surface area contributed by atoms with Crippen LogP contribution in [-0.2, 0) is 4.79 Å². The van der Waals surface area contributed by atoms with Crippen LogP contribution in [0.2, 0.25) is 0 Å². The van der Waals surface area contributed by atoms with Gasteiger partial charge in [0.2, 0.25) is 6.41 Å².